The lowest BCUT2D eigenvalue weighted by Crippen LogP contribution is -2.33. The molecular weight excluding hydrogens is 154 g/mol. The van der Waals surface area contributed by atoms with Crippen LogP contribution in [0.15, 0.2) is 0 Å². The van der Waals surface area contributed by atoms with Crippen LogP contribution in [0.1, 0.15) is 19.8 Å². The molecule has 0 bridgehead atoms. The third kappa shape index (κ3) is 2.48. The zero-order valence-corrected chi connectivity index (χ0v) is 7.58. The molecule has 1 aliphatic rings. The number of likely N-dealkylation sites (tertiary alicyclic amines) is 1. The predicted octanol–water partition coefficient (Wildman–Crippen LogP) is 1.05. The van der Waals surface area contributed by atoms with Crippen molar-refractivity contribution >= 4 is 5.97 Å². The molecule has 0 saturated carbocycles. The number of ether oxygens (including phenoxy) is 1. The van der Waals surface area contributed by atoms with Crippen LogP contribution in [0.3, 0.4) is 0 Å². The van der Waals surface area contributed by atoms with Crippen molar-refractivity contribution in [2.24, 2.45) is 5.92 Å². The van der Waals surface area contributed by atoms with E-state index in [0.717, 1.165) is 25.9 Å². The fourth-order valence-electron chi connectivity index (χ4n) is 1.43. The van der Waals surface area contributed by atoms with Crippen molar-refractivity contribution in [2.75, 3.05) is 19.7 Å². The van der Waals surface area contributed by atoms with Gasteiger partial charge in [0, 0.05) is 7.05 Å². The summed E-state index contributed by atoms with van der Waals surface area (Å²) in [6.07, 6.45) is 1.78. The molecule has 12 heavy (non-hydrogen) atoms. The van der Waals surface area contributed by atoms with Gasteiger partial charge in [0.25, 0.3) is 0 Å². The fourth-order valence-corrected chi connectivity index (χ4v) is 1.43. The van der Waals surface area contributed by atoms with Gasteiger partial charge in [0.05, 0.1) is 12.5 Å². The second-order valence-electron chi connectivity index (χ2n) is 3.14. The third-order valence-corrected chi connectivity index (χ3v) is 2.21. The Hall–Kier alpha value is -0.570. The van der Waals surface area contributed by atoms with E-state index in [1.54, 1.807) is 0 Å². The Balaban J connectivity index is 2.29. The summed E-state index contributed by atoms with van der Waals surface area (Å²) in [6.45, 7) is 4.14. The highest BCUT2D eigenvalue weighted by Crippen LogP contribution is 2.17. The second kappa shape index (κ2) is 4.45. The minimum absolute atomic E-state index is 0.0365. The van der Waals surface area contributed by atoms with Gasteiger partial charge < -0.3 is 9.64 Å². The van der Waals surface area contributed by atoms with E-state index in [4.69, 9.17) is 4.74 Å². The normalized spacial score (nSPS) is 20.8. The summed E-state index contributed by atoms with van der Waals surface area (Å²) in [7, 11) is 3.82. The van der Waals surface area contributed by atoms with E-state index in [1.165, 1.54) is 0 Å². The highest BCUT2D eigenvalue weighted by atomic mass is 16.5. The minimum atomic E-state index is -0.0365. The van der Waals surface area contributed by atoms with E-state index in [2.05, 4.69) is 7.05 Å². The van der Waals surface area contributed by atoms with Crippen molar-refractivity contribution in [1.29, 1.82) is 0 Å². The topological polar surface area (TPSA) is 29.5 Å². The van der Waals surface area contributed by atoms with Crippen LogP contribution in [-0.4, -0.2) is 30.6 Å². The molecule has 1 rings (SSSR count). The molecule has 0 amide bonds. The first-order chi connectivity index (χ1) is 5.74. The molecule has 1 heterocycles. The van der Waals surface area contributed by atoms with Gasteiger partial charge in [0.15, 0.2) is 0 Å². The molecule has 0 aromatic carbocycles. The van der Waals surface area contributed by atoms with Crippen LogP contribution >= 0.6 is 0 Å². The fraction of sp³-hybridized carbons (Fsp3) is 0.778. The second-order valence-corrected chi connectivity index (χ2v) is 3.14. The molecule has 69 valence electrons. The zero-order valence-electron chi connectivity index (χ0n) is 7.58. The number of hydrogen-bond donors (Lipinski definition) is 0. The predicted molar refractivity (Wildman–Crippen MR) is 46.3 cm³/mol. The summed E-state index contributed by atoms with van der Waals surface area (Å²) in [5.41, 5.74) is 0. The number of rotatable bonds is 2. The first-order valence-electron chi connectivity index (χ1n) is 4.46. The molecule has 3 heteroatoms. The van der Waals surface area contributed by atoms with E-state index in [0.29, 0.717) is 6.61 Å². The quantitative estimate of drug-likeness (QED) is 0.580. The molecule has 0 atom stereocenters. The van der Waals surface area contributed by atoms with Crippen LogP contribution in [0, 0.1) is 13.0 Å². The Morgan fingerprint density at radius 1 is 1.58 bits per heavy atom. The van der Waals surface area contributed by atoms with Crippen LogP contribution in [0.25, 0.3) is 0 Å². The van der Waals surface area contributed by atoms with Crippen molar-refractivity contribution in [3.63, 3.8) is 0 Å². The summed E-state index contributed by atoms with van der Waals surface area (Å²) in [4.78, 5) is 13.2. The minimum Gasteiger partial charge on any atom is -0.466 e. The lowest BCUT2D eigenvalue weighted by atomic mass is 9.97. The van der Waals surface area contributed by atoms with Gasteiger partial charge >= 0.3 is 5.97 Å². The van der Waals surface area contributed by atoms with E-state index < -0.39 is 0 Å². The van der Waals surface area contributed by atoms with Gasteiger partial charge in [-0.25, -0.2) is 0 Å². The molecule has 1 aliphatic heterocycles. The summed E-state index contributed by atoms with van der Waals surface area (Å²) >= 11 is 0. The van der Waals surface area contributed by atoms with Crippen molar-refractivity contribution in [3.05, 3.63) is 7.05 Å². The van der Waals surface area contributed by atoms with Crippen LogP contribution < -0.4 is 0 Å². The monoisotopic (exact) mass is 170 g/mol. The summed E-state index contributed by atoms with van der Waals surface area (Å²) < 4.78 is 4.94. The Labute approximate surface area is 73.7 Å². The van der Waals surface area contributed by atoms with E-state index in [-0.39, 0.29) is 11.9 Å². The van der Waals surface area contributed by atoms with Crippen LogP contribution in [0.4, 0.5) is 0 Å². The van der Waals surface area contributed by atoms with Gasteiger partial charge in [0.1, 0.15) is 0 Å². The highest BCUT2D eigenvalue weighted by Gasteiger charge is 2.23. The van der Waals surface area contributed by atoms with Gasteiger partial charge in [-0.2, -0.15) is 0 Å². The molecule has 0 aromatic heterocycles. The molecule has 0 N–H and O–H groups in total. The number of carbonyl (C=O) groups excluding carboxylic acids is 1. The molecule has 0 spiro atoms. The van der Waals surface area contributed by atoms with E-state index in [9.17, 15) is 4.79 Å². The van der Waals surface area contributed by atoms with Gasteiger partial charge in [-0.1, -0.05) is 0 Å². The average Bonchev–Trinajstić information content (AvgIpc) is 2.06. The smallest absolute Gasteiger partial charge is 0.309 e. The van der Waals surface area contributed by atoms with Crippen LogP contribution in [-0.2, 0) is 9.53 Å². The number of carbonyl (C=O) groups is 1. The maximum atomic E-state index is 11.2. The molecule has 3 nitrogen and oxygen atoms in total. The summed E-state index contributed by atoms with van der Waals surface area (Å²) in [5, 5.41) is 0. The van der Waals surface area contributed by atoms with Gasteiger partial charge in [-0.3, -0.25) is 4.79 Å². The third-order valence-electron chi connectivity index (χ3n) is 2.21. The molecule has 0 aromatic rings. The van der Waals surface area contributed by atoms with Crippen molar-refractivity contribution < 1.29 is 9.53 Å². The molecule has 0 aliphatic carbocycles. The van der Waals surface area contributed by atoms with Gasteiger partial charge in [0.2, 0.25) is 0 Å². The van der Waals surface area contributed by atoms with Crippen molar-refractivity contribution in [2.45, 2.75) is 19.8 Å². The Kier molecular flexibility index (Phi) is 3.53. The number of nitrogens with zero attached hydrogens (tertiary/aromatic N) is 1. The molecule has 1 radical (unpaired) electrons. The van der Waals surface area contributed by atoms with Crippen LogP contribution in [0.2, 0.25) is 0 Å². The number of piperidine rings is 1. The average molecular weight is 170 g/mol. The maximum absolute atomic E-state index is 11.2. The zero-order chi connectivity index (χ0) is 8.97. The summed E-state index contributed by atoms with van der Waals surface area (Å²) in [6, 6.07) is 0. The highest BCUT2D eigenvalue weighted by molar-refractivity contribution is 5.72. The standard InChI is InChI=1S/C9H16NO2/c1-3-12-9(11)8-4-6-10(2)7-5-8/h8H,2-7H2,1H3. The van der Waals surface area contributed by atoms with Gasteiger partial charge in [-0.05, 0) is 32.9 Å². The molecule has 0 unspecified atom stereocenters. The first-order valence-corrected chi connectivity index (χ1v) is 4.46. The maximum Gasteiger partial charge on any atom is 0.309 e. The number of hydrogen-bond acceptors (Lipinski definition) is 3. The Morgan fingerprint density at radius 2 is 2.17 bits per heavy atom. The Morgan fingerprint density at radius 3 is 2.67 bits per heavy atom. The SMILES string of the molecule is [CH2]N1CCC(C(=O)OCC)CC1. The van der Waals surface area contributed by atoms with E-state index >= 15 is 0 Å². The van der Waals surface area contributed by atoms with Crippen molar-refractivity contribution in [3.8, 4) is 0 Å². The first kappa shape index (κ1) is 9.52. The molecule has 1 fully saturated rings. The van der Waals surface area contributed by atoms with Crippen LogP contribution in [0.5, 0.6) is 0 Å². The van der Waals surface area contributed by atoms with E-state index in [1.807, 2.05) is 11.8 Å². The Bertz CT molecular complexity index is 151. The largest absolute Gasteiger partial charge is 0.466 e. The lowest BCUT2D eigenvalue weighted by Gasteiger charge is -2.27. The molecule has 1 saturated heterocycles. The summed E-state index contributed by atoms with van der Waals surface area (Å²) in [5.74, 6) is 0.0774. The number of esters is 1. The molecular formula is C9H16NO2. The van der Waals surface area contributed by atoms with Gasteiger partial charge in [-0.15, -0.1) is 0 Å². The van der Waals surface area contributed by atoms with Crippen molar-refractivity contribution in [1.82, 2.24) is 4.90 Å². The lowest BCUT2D eigenvalue weighted by molar-refractivity contribution is -0.149.